The van der Waals surface area contributed by atoms with Crippen LogP contribution in [0, 0.1) is 5.82 Å². The van der Waals surface area contributed by atoms with Gasteiger partial charge in [0.05, 0.1) is 0 Å². The van der Waals surface area contributed by atoms with Crippen LogP contribution < -0.4 is 5.73 Å². The zero-order chi connectivity index (χ0) is 13.9. The van der Waals surface area contributed by atoms with E-state index in [1.807, 2.05) is 25.1 Å². The number of aromatic nitrogens is 1. The first-order valence-corrected chi connectivity index (χ1v) is 6.88. The predicted octanol–water partition coefficient (Wildman–Crippen LogP) is 3.49. The largest absolute Gasteiger partial charge is 0.325 e. The Morgan fingerprint density at radius 3 is 2.58 bits per heavy atom. The SMILES string of the molecule is CC(N)(Cc1ccc(Br)cn1)Cc1ccccc1F. The maximum atomic E-state index is 13.6. The smallest absolute Gasteiger partial charge is 0.126 e. The summed E-state index contributed by atoms with van der Waals surface area (Å²) in [5, 5.41) is 0. The van der Waals surface area contributed by atoms with E-state index in [0.717, 1.165) is 10.2 Å². The maximum absolute atomic E-state index is 13.6. The Bertz CT molecular complexity index is 552. The number of pyridine rings is 1. The van der Waals surface area contributed by atoms with Crippen LogP contribution in [0.25, 0.3) is 0 Å². The molecule has 0 radical (unpaired) electrons. The van der Waals surface area contributed by atoms with Crippen LogP contribution in [0.5, 0.6) is 0 Å². The van der Waals surface area contributed by atoms with Crippen molar-refractivity contribution < 1.29 is 4.39 Å². The molecule has 0 aliphatic heterocycles. The molecule has 1 heterocycles. The van der Waals surface area contributed by atoms with Gasteiger partial charge in [0, 0.05) is 28.3 Å². The highest BCUT2D eigenvalue weighted by molar-refractivity contribution is 9.10. The Morgan fingerprint density at radius 2 is 1.95 bits per heavy atom. The summed E-state index contributed by atoms with van der Waals surface area (Å²) in [4.78, 5) is 4.31. The fourth-order valence-electron chi connectivity index (χ4n) is 2.06. The predicted molar refractivity (Wildman–Crippen MR) is 78.3 cm³/mol. The molecule has 100 valence electrons. The van der Waals surface area contributed by atoms with Crippen molar-refractivity contribution in [2.24, 2.45) is 5.73 Å². The summed E-state index contributed by atoms with van der Waals surface area (Å²) >= 11 is 3.35. The van der Waals surface area contributed by atoms with E-state index in [9.17, 15) is 4.39 Å². The molecule has 0 saturated heterocycles. The molecule has 1 atom stereocenters. The monoisotopic (exact) mass is 322 g/mol. The van der Waals surface area contributed by atoms with E-state index in [1.165, 1.54) is 6.07 Å². The normalized spacial score (nSPS) is 14.1. The third-order valence-corrected chi connectivity index (χ3v) is 3.39. The van der Waals surface area contributed by atoms with E-state index < -0.39 is 5.54 Å². The highest BCUT2D eigenvalue weighted by atomic mass is 79.9. The first-order chi connectivity index (χ1) is 8.96. The van der Waals surface area contributed by atoms with Crippen molar-refractivity contribution in [1.29, 1.82) is 0 Å². The minimum Gasteiger partial charge on any atom is -0.325 e. The third-order valence-electron chi connectivity index (χ3n) is 2.93. The van der Waals surface area contributed by atoms with Gasteiger partial charge >= 0.3 is 0 Å². The summed E-state index contributed by atoms with van der Waals surface area (Å²) in [7, 11) is 0. The number of hydrogen-bond acceptors (Lipinski definition) is 2. The van der Waals surface area contributed by atoms with Crippen LogP contribution in [-0.4, -0.2) is 10.5 Å². The highest BCUT2D eigenvalue weighted by Crippen LogP contribution is 2.18. The van der Waals surface area contributed by atoms with Gasteiger partial charge in [0.1, 0.15) is 5.82 Å². The minimum absolute atomic E-state index is 0.206. The molecule has 1 aromatic carbocycles. The van der Waals surface area contributed by atoms with Crippen LogP contribution >= 0.6 is 15.9 Å². The summed E-state index contributed by atoms with van der Waals surface area (Å²) < 4.78 is 14.6. The zero-order valence-corrected chi connectivity index (χ0v) is 12.3. The molecule has 0 aliphatic carbocycles. The fourth-order valence-corrected chi connectivity index (χ4v) is 2.30. The van der Waals surface area contributed by atoms with Crippen LogP contribution in [0.15, 0.2) is 47.1 Å². The summed E-state index contributed by atoms with van der Waals surface area (Å²) in [5.74, 6) is -0.206. The molecule has 1 aromatic heterocycles. The van der Waals surface area contributed by atoms with Gasteiger partial charge in [-0.2, -0.15) is 0 Å². The highest BCUT2D eigenvalue weighted by Gasteiger charge is 2.21. The molecule has 0 aliphatic rings. The van der Waals surface area contributed by atoms with Gasteiger partial charge < -0.3 is 5.73 Å². The topological polar surface area (TPSA) is 38.9 Å². The lowest BCUT2D eigenvalue weighted by atomic mass is 9.89. The van der Waals surface area contributed by atoms with Gasteiger partial charge in [-0.15, -0.1) is 0 Å². The van der Waals surface area contributed by atoms with E-state index in [-0.39, 0.29) is 5.82 Å². The van der Waals surface area contributed by atoms with Crippen molar-refractivity contribution in [1.82, 2.24) is 4.98 Å². The summed E-state index contributed by atoms with van der Waals surface area (Å²) in [6.07, 6.45) is 2.83. The Morgan fingerprint density at radius 1 is 1.21 bits per heavy atom. The molecule has 0 amide bonds. The third kappa shape index (κ3) is 4.11. The van der Waals surface area contributed by atoms with Gasteiger partial charge in [0.15, 0.2) is 0 Å². The van der Waals surface area contributed by atoms with Crippen molar-refractivity contribution in [2.45, 2.75) is 25.3 Å². The van der Waals surface area contributed by atoms with Crippen LogP contribution in [-0.2, 0) is 12.8 Å². The molecule has 0 bridgehead atoms. The molecule has 2 rings (SSSR count). The van der Waals surface area contributed by atoms with Crippen molar-refractivity contribution in [3.63, 3.8) is 0 Å². The Hall–Kier alpha value is -1.26. The first kappa shape index (κ1) is 14.2. The lowest BCUT2D eigenvalue weighted by molar-refractivity contribution is 0.446. The molecular formula is C15H16BrFN2. The van der Waals surface area contributed by atoms with Gasteiger partial charge in [-0.3, -0.25) is 4.98 Å². The number of rotatable bonds is 4. The lowest BCUT2D eigenvalue weighted by Crippen LogP contribution is -2.41. The molecule has 0 saturated carbocycles. The molecule has 19 heavy (non-hydrogen) atoms. The standard InChI is InChI=1S/C15H16BrFN2/c1-15(18,8-11-4-2-3-5-14(11)17)9-13-7-6-12(16)10-19-13/h2-7,10H,8-9,18H2,1H3. The Balaban J connectivity index is 2.10. The van der Waals surface area contributed by atoms with Gasteiger partial charge in [0.25, 0.3) is 0 Å². The quantitative estimate of drug-likeness (QED) is 0.935. The van der Waals surface area contributed by atoms with E-state index in [2.05, 4.69) is 20.9 Å². The van der Waals surface area contributed by atoms with Crippen LogP contribution in [0.1, 0.15) is 18.2 Å². The summed E-state index contributed by atoms with van der Waals surface area (Å²) in [6.45, 7) is 1.92. The average molecular weight is 323 g/mol. The first-order valence-electron chi connectivity index (χ1n) is 6.09. The average Bonchev–Trinajstić information content (AvgIpc) is 2.35. The van der Waals surface area contributed by atoms with E-state index >= 15 is 0 Å². The number of halogens is 2. The number of nitrogens with zero attached hydrogens (tertiary/aromatic N) is 1. The number of nitrogens with two attached hydrogens (primary N) is 1. The Kier molecular flexibility index (Phi) is 4.32. The molecule has 2 aromatic rings. The van der Waals surface area contributed by atoms with Crippen LogP contribution in [0.2, 0.25) is 0 Å². The van der Waals surface area contributed by atoms with Gasteiger partial charge in [-0.05, 0) is 53.0 Å². The molecule has 2 N–H and O–H groups in total. The molecular weight excluding hydrogens is 307 g/mol. The van der Waals surface area contributed by atoms with E-state index in [4.69, 9.17) is 5.73 Å². The number of hydrogen-bond donors (Lipinski definition) is 1. The second-order valence-corrected chi connectivity index (χ2v) is 5.98. The van der Waals surface area contributed by atoms with Gasteiger partial charge in [-0.1, -0.05) is 18.2 Å². The fraction of sp³-hybridized carbons (Fsp3) is 0.267. The van der Waals surface area contributed by atoms with Crippen LogP contribution in [0.3, 0.4) is 0 Å². The van der Waals surface area contributed by atoms with E-state index in [1.54, 1.807) is 18.3 Å². The van der Waals surface area contributed by atoms with Crippen molar-refractivity contribution in [2.75, 3.05) is 0 Å². The second kappa shape index (κ2) is 5.80. The van der Waals surface area contributed by atoms with Gasteiger partial charge in [0.2, 0.25) is 0 Å². The van der Waals surface area contributed by atoms with E-state index in [0.29, 0.717) is 18.4 Å². The number of benzene rings is 1. The molecule has 0 fully saturated rings. The maximum Gasteiger partial charge on any atom is 0.126 e. The van der Waals surface area contributed by atoms with Gasteiger partial charge in [-0.25, -0.2) is 4.39 Å². The van der Waals surface area contributed by atoms with Crippen molar-refractivity contribution in [3.8, 4) is 0 Å². The lowest BCUT2D eigenvalue weighted by Gasteiger charge is -2.24. The molecule has 1 unspecified atom stereocenters. The molecule has 0 spiro atoms. The van der Waals surface area contributed by atoms with Crippen LogP contribution in [0.4, 0.5) is 4.39 Å². The Labute approximate surface area is 121 Å². The zero-order valence-electron chi connectivity index (χ0n) is 10.7. The second-order valence-electron chi connectivity index (χ2n) is 5.07. The summed E-state index contributed by atoms with van der Waals surface area (Å²) in [6, 6.07) is 10.6. The van der Waals surface area contributed by atoms with Crippen molar-refractivity contribution >= 4 is 15.9 Å². The summed E-state index contributed by atoms with van der Waals surface area (Å²) in [5.41, 5.74) is 7.29. The molecule has 4 heteroatoms. The molecule has 2 nitrogen and oxygen atoms in total. The minimum atomic E-state index is -0.525. The van der Waals surface area contributed by atoms with Crippen molar-refractivity contribution in [3.05, 3.63) is 64.1 Å².